The maximum Gasteiger partial charge on any atom is 0.259 e. The summed E-state index contributed by atoms with van der Waals surface area (Å²) < 4.78 is 5.44. The van der Waals surface area contributed by atoms with Gasteiger partial charge in [-0.2, -0.15) is 0 Å². The molecule has 116 valence electrons. The first kappa shape index (κ1) is 14.7. The van der Waals surface area contributed by atoms with E-state index < -0.39 is 5.92 Å². The summed E-state index contributed by atoms with van der Waals surface area (Å²) in [5.74, 6) is -0.292. The van der Waals surface area contributed by atoms with Crippen LogP contribution in [0.2, 0.25) is 0 Å². The highest BCUT2D eigenvalue weighted by Crippen LogP contribution is 2.24. The van der Waals surface area contributed by atoms with Gasteiger partial charge in [-0.3, -0.25) is 14.6 Å². The van der Waals surface area contributed by atoms with E-state index in [2.05, 4.69) is 10.3 Å². The molecule has 6 nitrogen and oxygen atoms in total. The molecule has 0 aromatic carbocycles. The topological polar surface area (TPSA) is 71.0 Å². The average Bonchev–Trinajstić information content (AvgIpc) is 2.56. The number of carbonyl (C=O) groups excluding carboxylic acids is 2. The van der Waals surface area contributed by atoms with Crippen LogP contribution in [0.5, 0.6) is 0 Å². The Morgan fingerprint density at radius 2 is 2.18 bits per heavy atom. The lowest BCUT2D eigenvalue weighted by molar-refractivity contribution is -0.130. The van der Waals surface area contributed by atoms with Crippen LogP contribution in [0.25, 0.3) is 0 Å². The largest absolute Gasteiger partial charge is 0.494 e. The van der Waals surface area contributed by atoms with E-state index in [9.17, 15) is 9.59 Å². The van der Waals surface area contributed by atoms with Crippen LogP contribution in [-0.4, -0.2) is 55.1 Å². The zero-order valence-corrected chi connectivity index (χ0v) is 12.5. The van der Waals surface area contributed by atoms with Crippen molar-refractivity contribution in [1.29, 1.82) is 0 Å². The first-order chi connectivity index (χ1) is 10.7. The maximum absolute atomic E-state index is 12.6. The van der Waals surface area contributed by atoms with Crippen molar-refractivity contribution < 1.29 is 14.3 Å². The summed E-state index contributed by atoms with van der Waals surface area (Å²) in [6.45, 7) is 5.16. The molecule has 1 fully saturated rings. The molecule has 1 saturated heterocycles. The number of ether oxygens (including phenoxy) is 1. The molecule has 22 heavy (non-hydrogen) atoms. The molecule has 0 aromatic heterocycles. The van der Waals surface area contributed by atoms with Crippen molar-refractivity contribution in [3.63, 3.8) is 0 Å². The number of ketones is 1. The van der Waals surface area contributed by atoms with Gasteiger partial charge in [0.1, 0.15) is 11.3 Å². The quantitative estimate of drug-likeness (QED) is 0.768. The molecule has 6 heteroatoms. The van der Waals surface area contributed by atoms with Crippen molar-refractivity contribution in [1.82, 2.24) is 10.2 Å². The van der Waals surface area contributed by atoms with Gasteiger partial charge < -0.3 is 15.0 Å². The van der Waals surface area contributed by atoms with Crippen LogP contribution >= 0.6 is 0 Å². The smallest absolute Gasteiger partial charge is 0.259 e. The fourth-order valence-corrected chi connectivity index (χ4v) is 2.74. The number of aliphatic imine (C=N–C) groups is 1. The van der Waals surface area contributed by atoms with Gasteiger partial charge in [-0.15, -0.1) is 0 Å². The van der Waals surface area contributed by atoms with Gasteiger partial charge in [0.05, 0.1) is 18.2 Å². The summed E-state index contributed by atoms with van der Waals surface area (Å²) in [6, 6.07) is 0. The fourth-order valence-electron chi connectivity index (χ4n) is 2.74. The molecule has 1 unspecified atom stereocenters. The van der Waals surface area contributed by atoms with Crippen molar-refractivity contribution in [2.45, 2.75) is 6.92 Å². The molecule has 2 heterocycles. The number of fused-ring (bicyclic) bond motifs is 1. The number of nitrogens with zero attached hydrogens (tertiary/aromatic N) is 2. The van der Waals surface area contributed by atoms with Crippen molar-refractivity contribution >= 4 is 17.4 Å². The number of hydrogen-bond donors (Lipinski definition) is 1. The van der Waals surface area contributed by atoms with Gasteiger partial charge in [-0.1, -0.05) is 0 Å². The van der Waals surface area contributed by atoms with Gasteiger partial charge >= 0.3 is 0 Å². The van der Waals surface area contributed by atoms with Gasteiger partial charge in [-0.05, 0) is 25.2 Å². The first-order valence-corrected chi connectivity index (χ1v) is 7.55. The highest BCUT2D eigenvalue weighted by atomic mass is 16.5. The minimum absolute atomic E-state index is 0.165. The third kappa shape index (κ3) is 2.74. The van der Waals surface area contributed by atoms with Crippen LogP contribution < -0.4 is 5.32 Å². The minimum atomic E-state index is -0.515. The minimum Gasteiger partial charge on any atom is -0.494 e. The number of amides is 1. The molecular weight excluding hydrogens is 282 g/mol. The van der Waals surface area contributed by atoms with Crippen LogP contribution in [0.1, 0.15) is 6.92 Å². The molecular formula is C16H19N3O3. The predicted octanol–water partition coefficient (Wildman–Crippen LogP) is 0.432. The SMILES string of the molecule is CCOC1=CC2C(=O)C(C(=O)N3CCNCC3)=CN=C2C=C1. The van der Waals surface area contributed by atoms with Crippen LogP contribution in [0, 0.1) is 5.92 Å². The molecule has 0 spiro atoms. The summed E-state index contributed by atoms with van der Waals surface area (Å²) >= 11 is 0. The zero-order valence-electron chi connectivity index (χ0n) is 12.5. The lowest BCUT2D eigenvalue weighted by Gasteiger charge is -2.29. The molecule has 1 aliphatic carbocycles. The zero-order chi connectivity index (χ0) is 15.5. The van der Waals surface area contributed by atoms with Crippen LogP contribution in [0.15, 0.2) is 40.8 Å². The maximum atomic E-state index is 12.6. The van der Waals surface area contributed by atoms with Crippen molar-refractivity contribution in [2.75, 3.05) is 32.8 Å². The molecule has 1 atom stereocenters. The van der Waals surface area contributed by atoms with E-state index in [4.69, 9.17) is 4.74 Å². The van der Waals surface area contributed by atoms with Gasteiger partial charge in [0, 0.05) is 32.4 Å². The third-order valence-electron chi connectivity index (χ3n) is 3.90. The van der Waals surface area contributed by atoms with Crippen LogP contribution in [0.3, 0.4) is 0 Å². The molecule has 3 aliphatic rings. The van der Waals surface area contributed by atoms with E-state index in [1.54, 1.807) is 23.1 Å². The average molecular weight is 301 g/mol. The van der Waals surface area contributed by atoms with E-state index in [1.165, 1.54) is 6.20 Å². The van der Waals surface area contributed by atoms with Crippen LogP contribution in [-0.2, 0) is 14.3 Å². The van der Waals surface area contributed by atoms with E-state index in [0.717, 1.165) is 13.1 Å². The molecule has 0 saturated carbocycles. The highest BCUT2D eigenvalue weighted by Gasteiger charge is 2.34. The Kier molecular flexibility index (Phi) is 4.20. The molecule has 0 bridgehead atoms. The Morgan fingerprint density at radius 1 is 1.41 bits per heavy atom. The number of hydrogen-bond acceptors (Lipinski definition) is 5. The molecule has 1 N–H and O–H groups in total. The van der Waals surface area contributed by atoms with Gasteiger partial charge in [0.15, 0.2) is 5.78 Å². The number of rotatable bonds is 3. The highest BCUT2D eigenvalue weighted by molar-refractivity contribution is 6.29. The van der Waals surface area contributed by atoms with E-state index in [1.807, 2.05) is 6.92 Å². The summed E-state index contributed by atoms with van der Waals surface area (Å²) in [5.41, 5.74) is 0.823. The summed E-state index contributed by atoms with van der Waals surface area (Å²) in [6.07, 6.45) is 6.71. The van der Waals surface area contributed by atoms with E-state index in [0.29, 0.717) is 31.2 Å². The van der Waals surface area contributed by atoms with Crippen LogP contribution in [0.4, 0.5) is 0 Å². The van der Waals surface area contributed by atoms with Crippen molar-refractivity contribution in [2.24, 2.45) is 10.9 Å². The molecule has 0 aromatic rings. The summed E-state index contributed by atoms with van der Waals surface area (Å²) in [7, 11) is 0. The second-order valence-corrected chi connectivity index (χ2v) is 5.32. The Bertz CT molecular complexity index is 610. The summed E-state index contributed by atoms with van der Waals surface area (Å²) in [5, 5.41) is 3.19. The number of allylic oxidation sites excluding steroid dienone is 3. The van der Waals surface area contributed by atoms with E-state index in [-0.39, 0.29) is 17.3 Å². The number of piperazine rings is 1. The van der Waals surface area contributed by atoms with Gasteiger partial charge in [-0.25, -0.2) is 0 Å². The Labute approximate surface area is 129 Å². The Morgan fingerprint density at radius 3 is 2.91 bits per heavy atom. The van der Waals surface area contributed by atoms with Crippen molar-refractivity contribution in [3.8, 4) is 0 Å². The Balaban J connectivity index is 1.81. The molecule has 1 amide bonds. The van der Waals surface area contributed by atoms with Crippen molar-refractivity contribution in [3.05, 3.63) is 35.8 Å². The van der Waals surface area contributed by atoms with Gasteiger partial charge in [0.25, 0.3) is 5.91 Å². The lowest BCUT2D eigenvalue weighted by Crippen LogP contribution is -2.48. The fraction of sp³-hybridized carbons (Fsp3) is 0.438. The number of Topliss-reactive ketones (excluding diaryl/α,β-unsaturated/α-hetero) is 1. The van der Waals surface area contributed by atoms with E-state index >= 15 is 0 Å². The number of carbonyl (C=O) groups is 2. The van der Waals surface area contributed by atoms with Gasteiger partial charge in [0.2, 0.25) is 0 Å². The standard InChI is InChI=1S/C16H19N3O3/c1-2-22-11-3-4-14-12(9-11)15(20)13(10-18-14)16(21)19-7-5-17-6-8-19/h3-4,9-10,12,17H,2,5-8H2,1H3. The number of nitrogens with one attached hydrogen (secondary N) is 1. The molecule has 2 aliphatic heterocycles. The first-order valence-electron chi connectivity index (χ1n) is 7.55. The summed E-state index contributed by atoms with van der Waals surface area (Å²) in [4.78, 5) is 31.1. The molecule has 3 rings (SSSR count). The monoisotopic (exact) mass is 301 g/mol. The molecule has 0 radical (unpaired) electrons. The second kappa shape index (κ2) is 6.27. The lowest BCUT2D eigenvalue weighted by atomic mass is 9.87. The third-order valence-corrected chi connectivity index (χ3v) is 3.90. The normalized spacial score (nSPS) is 24.2. The predicted molar refractivity (Wildman–Crippen MR) is 82.3 cm³/mol. The Hall–Kier alpha value is -2.21. The second-order valence-electron chi connectivity index (χ2n) is 5.32.